The summed E-state index contributed by atoms with van der Waals surface area (Å²) in [5, 5.41) is 0. The molecule has 1 nitrogen and oxygen atoms in total. The third kappa shape index (κ3) is 7.33. The lowest BCUT2D eigenvalue weighted by Crippen LogP contribution is -2.21. The lowest BCUT2D eigenvalue weighted by molar-refractivity contribution is 0.218. The van der Waals surface area contributed by atoms with Crippen LogP contribution in [0.25, 0.3) is 5.57 Å². The van der Waals surface area contributed by atoms with E-state index in [0.717, 1.165) is 23.5 Å². The molecule has 1 aromatic rings. The highest BCUT2D eigenvalue weighted by molar-refractivity contribution is 5.75. The van der Waals surface area contributed by atoms with Gasteiger partial charge in [0.15, 0.2) is 0 Å². The SMILES string of the molecule is CCCCCCCCCC[C@H]1CC[C@H](C2C=CC(c3ccc(OC)cc3)=CC2)CC1. The van der Waals surface area contributed by atoms with Crippen molar-refractivity contribution in [1.82, 2.24) is 0 Å². The molecular weight excluding hydrogens is 364 g/mol. The van der Waals surface area contributed by atoms with Gasteiger partial charge in [0, 0.05) is 0 Å². The zero-order chi connectivity index (χ0) is 21.0. The van der Waals surface area contributed by atoms with Gasteiger partial charge in [0.25, 0.3) is 0 Å². The van der Waals surface area contributed by atoms with Crippen LogP contribution >= 0.6 is 0 Å². The Morgan fingerprint density at radius 3 is 2.10 bits per heavy atom. The highest BCUT2D eigenvalue weighted by atomic mass is 16.5. The van der Waals surface area contributed by atoms with Gasteiger partial charge >= 0.3 is 0 Å². The van der Waals surface area contributed by atoms with Crippen LogP contribution in [0, 0.1) is 17.8 Å². The van der Waals surface area contributed by atoms with E-state index in [1.54, 1.807) is 7.11 Å². The highest BCUT2D eigenvalue weighted by Gasteiger charge is 2.26. The Bertz CT molecular complexity index is 645. The van der Waals surface area contributed by atoms with E-state index >= 15 is 0 Å². The van der Waals surface area contributed by atoms with E-state index in [9.17, 15) is 0 Å². The quantitative estimate of drug-likeness (QED) is 0.313. The van der Waals surface area contributed by atoms with E-state index in [-0.39, 0.29) is 0 Å². The van der Waals surface area contributed by atoms with Gasteiger partial charge in [0.1, 0.15) is 5.75 Å². The maximum absolute atomic E-state index is 5.28. The van der Waals surface area contributed by atoms with Crippen molar-refractivity contribution in [1.29, 1.82) is 0 Å². The number of hydrogen-bond donors (Lipinski definition) is 0. The average Bonchev–Trinajstić information content (AvgIpc) is 2.81. The van der Waals surface area contributed by atoms with Gasteiger partial charge in [-0.25, -0.2) is 0 Å². The van der Waals surface area contributed by atoms with E-state index in [2.05, 4.69) is 49.4 Å². The molecule has 1 unspecified atom stereocenters. The Morgan fingerprint density at radius 2 is 1.50 bits per heavy atom. The average molecular weight is 409 g/mol. The van der Waals surface area contributed by atoms with E-state index in [0.29, 0.717) is 0 Å². The van der Waals surface area contributed by atoms with Crippen LogP contribution in [0.15, 0.2) is 42.5 Å². The number of benzene rings is 1. The molecule has 0 aliphatic heterocycles. The summed E-state index contributed by atoms with van der Waals surface area (Å²) >= 11 is 0. The molecule has 166 valence electrons. The number of allylic oxidation sites excluding steroid dienone is 4. The fraction of sp³-hybridized carbons (Fsp3) is 0.655. The minimum atomic E-state index is 0.760. The monoisotopic (exact) mass is 408 g/mol. The molecule has 0 saturated heterocycles. The fourth-order valence-electron chi connectivity index (χ4n) is 5.46. The first-order valence-electron chi connectivity index (χ1n) is 12.8. The van der Waals surface area contributed by atoms with Crippen LogP contribution in [0.1, 0.15) is 102 Å². The number of ether oxygens (including phenoxy) is 1. The van der Waals surface area contributed by atoms with Crippen molar-refractivity contribution in [2.45, 2.75) is 96.8 Å². The van der Waals surface area contributed by atoms with Gasteiger partial charge in [-0.15, -0.1) is 0 Å². The highest BCUT2D eigenvalue weighted by Crippen LogP contribution is 2.39. The normalized spacial score (nSPS) is 23.9. The standard InChI is InChI=1S/C29H44O/c1-3-4-5-6-7-8-9-10-11-24-12-14-25(15-13-24)26-16-18-27(19-17-26)28-20-22-29(30-2)23-21-28/h16,18-26H,3-15,17H2,1-2H3/t24-,25-,26?. The molecule has 0 aromatic heterocycles. The maximum Gasteiger partial charge on any atom is 0.118 e. The van der Waals surface area contributed by atoms with Gasteiger partial charge in [-0.3, -0.25) is 0 Å². The van der Waals surface area contributed by atoms with Crippen LogP contribution in [0.3, 0.4) is 0 Å². The lowest BCUT2D eigenvalue weighted by atomic mass is 9.72. The van der Waals surface area contributed by atoms with Gasteiger partial charge in [0.05, 0.1) is 7.11 Å². The lowest BCUT2D eigenvalue weighted by Gasteiger charge is -2.33. The number of rotatable bonds is 12. The summed E-state index contributed by atoms with van der Waals surface area (Å²) in [4.78, 5) is 0. The molecule has 1 aromatic carbocycles. The molecule has 2 aliphatic rings. The third-order valence-electron chi connectivity index (χ3n) is 7.52. The third-order valence-corrected chi connectivity index (χ3v) is 7.52. The predicted molar refractivity (Wildman–Crippen MR) is 131 cm³/mol. The van der Waals surface area contributed by atoms with Crippen LogP contribution in [-0.2, 0) is 0 Å². The summed E-state index contributed by atoms with van der Waals surface area (Å²) in [6, 6.07) is 8.46. The van der Waals surface area contributed by atoms with E-state index in [1.807, 2.05) is 0 Å². The number of hydrogen-bond acceptors (Lipinski definition) is 1. The summed E-state index contributed by atoms with van der Waals surface area (Å²) in [5.74, 6) is 3.61. The van der Waals surface area contributed by atoms with Gasteiger partial charge in [-0.05, 0) is 60.3 Å². The van der Waals surface area contributed by atoms with Gasteiger partial charge in [-0.2, -0.15) is 0 Å². The second kappa shape index (κ2) is 13.0. The fourth-order valence-corrected chi connectivity index (χ4v) is 5.46. The Labute approximate surface area is 186 Å². The molecule has 0 heterocycles. The van der Waals surface area contributed by atoms with Gasteiger partial charge in [0.2, 0.25) is 0 Å². The second-order valence-electron chi connectivity index (χ2n) is 9.69. The van der Waals surface area contributed by atoms with Crippen LogP contribution in [0.4, 0.5) is 0 Å². The molecule has 0 bridgehead atoms. The summed E-state index contributed by atoms with van der Waals surface area (Å²) in [6.45, 7) is 2.30. The predicted octanol–water partition coefficient (Wildman–Crippen LogP) is 8.99. The second-order valence-corrected chi connectivity index (χ2v) is 9.69. The largest absolute Gasteiger partial charge is 0.497 e. The van der Waals surface area contributed by atoms with Crippen LogP contribution in [0.5, 0.6) is 5.75 Å². The molecule has 1 heteroatoms. The summed E-state index contributed by atoms with van der Waals surface area (Å²) < 4.78 is 5.28. The molecular formula is C29H44O. The maximum atomic E-state index is 5.28. The molecule has 1 saturated carbocycles. The van der Waals surface area contributed by atoms with Crippen molar-refractivity contribution in [2.75, 3.05) is 7.11 Å². The van der Waals surface area contributed by atoms with Crippen molar-refractivity contribution in [3.8, 4) is 5.75 Å². The first-order chi connectivity index (χ1) is 14.8. The Hall–Kier alpha value is -1.50. The molecule has 0 spiro atoms. The zero-order valence-electron chi connectivity index (χ0n) is 19.6. The molecule has 3 rings (SSSR count). The summed E-state index contributed by atoms with van der Waals surface area (Å²) in [6.07, 6.45) is 27.4. The van der Waals surface area contributed by atoms with Gasteiger partial charge in [-0.1, -0.05) is 108 Å². The summed E-state index contributed by atoms with van der Waals surface area (Å²) in [5.41, 5.74) is 2.68. The number of methoxy groups -OCH3 is 1. The first kappa shape index (κ1) is 23.2. The smallest absolute Gasteiger partial charge is 0.118 e. The topological polar surface area (TPSA) is 9.23 Å². The molecule has 30 heavy (non-hydrogen) atoms. The summed E-state index contributed by atoms with van der Waals surface area (Å²) in [7, 11) is 1.73. The first-order valence-corrected chi connectivity index (χ1v) is 12.8. The van der Waals surface area contributed by atoms with Gasteiger partial charge < -0.3 is 4.74 Å². The van der Waals surface area contributed by atoms with Crippen molar-refractivity contribution < 1.29 is 4.74 Å². The van der Waals surface area contributed by atoms with Crippen molar-refractivity contribution in [3.63, 3.8) is 0 Å². The molecule has 0 amide bonds. The molecule has 0 N–H and O–H groups in total. The Morgan fingerprint density at radius 1 is 0.833 bits per heavy atom. The Balaban J connectivity index is 1.30. The van der Waals surface area contributed by atoms with Crippen molar-refractivity contribution in [3.05, 3.63) is 48.1 Å². The van der Waals surface area contributed by atoms with Crippen molar-refractivity contribution >= 4 is 5.57 Å². The van der Waals surface area contributed by atoms with Crippen LogP contribution in [0.2, 0.25) is 0 Å². The minimum Gasteiger partial charge on any atom is -0.497 e. The number of unbranched alkanes of at least 4 members (excludes halogenated alkanes) is 7. The molecule has 1 atom stereocenters. The zero-order valence-corrected chi connectivity index (χ0v) is 19.6. The molecule has 0 radical (unpaired) electrons. The minimum absolute atomic E-state index is 0.760. The van der Waals surface area contributed by atoms with Crippen LogP contribution in [-0.4, -0.2) is 7.11 Å². The van der Waals surface area contributed by atoms with E-state index < -0.39 is 0 Å². The van der Waals surface area contributed by atoms with E-state index in [1.165, 1.54) is 101 Å². The Kier molecular flexibility index (Phi) is 10.1. The molecule has 1 fully saturated rings. The van der Waals surface area contributed by atoms with Crippen molar-refractivity contribution in [2.24, 2.45) is 17.8 Å². The van der Waals surface area contributed by atoms with Crippen LogP contribution < -0.4 is 4.74 Å². The molecule has 2 aliphatic carbocycles. The van der Waals surface area contributed by atoms with E-state index in [4.69, 9.17) is 4.74 Å².